The average molecular weight is 295 g/mol. The normalized spacial score (nSPS) is 26.2. The van der Waals surface area contributed by atoms with Gasteiger partial charge in [-0.1, -0.05) is 0 Å². The van der Waals surface area contributed by atoms with Crippen LogP contribution in [-0.4, -0.2) is 47.1 Å². The number of urea groups is 1. The summed E-state index contributed by atoms with van der Waals surface area (Å²) in [6.45, 7) is 5.21. The van der Waals surface area contributed by atoms with Crippen LogP contribution in [0.2, 0.25) is 0 Å². The van der Waals surface area contributed by atoms with Crippen LogP contribution in [-0.2, 0) is 4.79 Å². The van der Waals surface area contributed by atoms with Gasteiger partial charge in [-0.15, -0.1) is 0 Å². The number of amides is 2. The van der Waals surface area contributed by atoms with Gasteiger partial charge in [0.1, 0.15) is 18.1 Å². The molecule has 0 spiro atoms. The number of hydrogen-bond acceptors (Lipinski definition) is 4. The molecule has 0 bridgehead atoms. The lowest BCUT2D eigenvalue weighted by molar-refractivity contribution is -0.309. The van der Waals surface area contributed by atoms with E-state index in [-0.39, 0.29) is 12.2 Å². The molecular formula is C14H18FN3O3. The summed E-state index contributed by atoms with van der Waals surface area (Å²) in [5, 5.41) is 11.3. The molecule has 2 atom stereocenters. The number of quaternary nitrogens is 1. The summed E-state index contributed by atoms with van der Waals surface area (Å²) in [4.78, 5) is 28.7. The van der Waals surface area contributed by atoms with Crippen molar-refractivity contribution in [2.24, 2.45) is 0 Å². The lowest BCUT2D eigenvalue weighted by Gasteiger charge is -2.41. The molecule has 1 aromatic heterocycles. The number of likely N-dealkylation sites (N-methyl/N-ethyl adjacent to an activating group) is 1. The fourth-order valence-corrected chi connectivity index (χ4v) is 2.88. The molecule has 1 saturated heterocycles. The van der Waals surface area contributed by atoms with E-state index in [1.54, 1.807) is 20.8 Å². The fraction of sp³-hybridized carbons (Fsp3) is 0.500. The summed E-state index contributed by atoms with van der Waals surface area (Å²) < 4.78 is 13.7. The molecular weight excluding hydrogens is 277 g/mol. The number of carboxylic acids is 1. The van der Waals surface area contributed by atoms with Crippen molar-refractivity contribution in [1.29, 1.82) is 0 Å². The maximum Gasteiger partial charge on any atom is 0.425 e. The number of hydrogen-bond donors (Lipinski definition) is 0. The Bertz CT molecular complexity index is 599. The van der Waals surface area contributed by atoms with Gasteiger partial charge in [0, 0.05) is 19.3 Å². The first-order valence-corrected chi connectivity index (χ1v) is 6.60. The van der Waals surface area contributed by atoms with Crippen LogP contribution in [0.4, 0.5) is 14.9 Å². The van der Waals surface area contributed by atoms with E-state index in [1.165, 1.54) is 25.4 Å². The Kier molecular flexibility index (Phi) is 3.49. The molecule has 1 aliphatic rings. The highest BCUT2D eigenvalue weighted by Gasteiger charge is 2.60. The second-order valence-corrected chi connectivity index (χ2v) is 6.20. The summed E-state index contributed by atoms with van der Waals surface area (Å²) in [6.07, 6.45) is 1.29. The SMILES string of the molecule is CN1C(=O)[N+](c2cccnc2F)(C(C)(C)C)C[C@H]1C(=O)[O-]. The Morgan fingerprint density at radius 3 is 2.57 bits per heavy atom. The molecule has 1 aliphatic heterocycles. The van der Waals surface area contributed by atoms with Crippen LogP contribution in [0.15, 0.2) is 18.3 Å². The quantitative estimate of drug-likeness (QED) is 0.588. The van der Waals surface area contributed by atoms with Gasteiger partial charge in [0.15, 0.2) is 5.69 Å². The number of aliphatic carboxylic acids is 1. The van der Waals surface area contributed by atoms with Crippen molar-refractivity contribution in [2.75, 3.05) is 13.6 Å². The smallest absolute Gasteiger partial charge is 0.425 e. The van der Waals surface area contributed by atoms with E-state index in [0.29, 0.717) is 0 Å². The zero-order valence-corrected chi connectivity index (χ0v) is 12.5. The standard InChI is InChI=1S/C14H18FN3O3/c1-14(2,3)18(10-6-5-7-16-11(10)15)8-9(12(19)20)17(4)13(18)21/h5-7,9H,8H2,1-4H3/t9-,18?/m0/s1. The summed E-state index contributed by atoms with van der Waals surface area (Å²) in [7, 11) is 1.39. The molecule has 1 aromatic rings. The third kappa shape index (κ3) is 2.08. The molecule has 114 valence electrons. The second kappa shape index (κ2) is 4.77. The van der Waals surface area contributed by atoms with Crippen LogP contribution in [0.3, 0.4) is 0 Å². The predicted octanol–water partition coefficient (Wildman–Crippen LogP) is 0.510. The minimum absolute atomic E-state index is 0.0746. The van der Waals surface area contributed by atoms with Gasteiger partial charge >= 0.3 is 6.03 Å². The Labute approximate surface area is 122 Å². The summed E-state index contributed by atoms with van der Waals surface area (Å²) in [5.41, 5.74) is -0.662. The summed E-state index contributed by atoms with van der Waals surface area (Å²) >= 11 is 0. The van der Waals surface area contributed by atoms with Crippen LogP contribution >= 0.6 is 0 Å². The van der Waals surface area contributed by atoms with Crippen LogP contribution in [0.5, 0.6) is 0 Å². The number of aromatic nitrogens is 1. The predicted molar refractivity (Wildman–Crippen MR) is 72.6 cm³/mol. The lowest BCUT2D eigenvalue weighted by atomic mass is 10.00. The van der Waals surface area contributed by atoms with Crippen LogP contribution in [0.1, 0.15) is 20.8 Å². The van der Waals surface area contributed by atoms with E-state index in [0.717, 1.165) is 4.90 Å². The zero-order chi connectivity index (χ0) is 16.0. The van der Waals surface area contributed by atoms with Gasteiger partial charge in [0.05, 0.1) is 5.97 Å². The molecule has 0 aromatic carbocycles. The van der Waals surface area contributed by atoms with Gasteiger partial charge in [-0.2, -0.15) is 8.87 Å². The van der Waals surface area contributed by atoms with Crippen molar-refractivity contribution in [2.45, 2.75) is 32.4 Å². The van der Waals surface area contributed by atoms with Gasteiger partial charge in [-0.3, -0.25) is 4.90 Å². The molecule has 1 fully saturated rings. The molecule has 0 saturated carbocycles. The molecule has 2 rings (SSSR count). The zero-order valence-electron chi connectivity index (χ0n) is 12.5. The fourth-order valence-electron chi connectivity index (χ4n) is 2.88. The molecule has 2 amide bonds. The molecule has 0 aliphatic carbocycles. The van der Waals surface area contributed by atoms with Gasteiger partial charge in [-0.05, 0) is 26.8 Å². The third-order valence-corrected chi connectivity index (χ3v) is 4.11. The number of halogens is 1. The molecule has 0 radical (unpaired) electrons. The van der Waals surface area contributed by atoms with Crippen molar-refractivity contribution < 1.29 is 19.1 Å². The average Bonchev–Trinajstić information content (AvgIpc) is 2.64. The lowest BCUT2D eigenvalue weighted by Crippen LogP contribution is -2.64. The van der Waals surface area contributed by atoms with E-state index < -0.39 is 34.0 Å². The Morgan fingerprint density at radius 1 is 1.52 bits per heavy atom. The first kappa shape index (κ1) is 15.4. The van der Waals surface area contributed by atoms with Gasteiger partial charge < -0.3 is 9.90 Å². The van der Waals surface area contributed by atoms with E-state index in [1.807, 2.05) is 0 Å². The molecule has 1 unspecified atom stereocenters. The van der Waals surface area contributed by atoms with E-state index >= 15 is 0 Å². The minimum atomic E-state index is -1.35. The van der Waals surface area contributed by atoms with Crippen molar-refractivity contribution >= 4 is 17.7 Å². The molecule has 6 nitrogen and oxygen atoms in total. The largest absolute Gasteiger partial charge is 0.548 e. The number of carbonyl (C=O) groups is 2. The van der Waals surface area contributed by atoms with E-state index in [9.17, 15) is 19.1 Å². The first-order valence-electron chi connectivity index (χ1n) is 6.60. The van der Waals surface area contributed by atoms with Gasteiger partial charge in [0.2, 0.25) is 0 Å². The number of rotatable bonds is 2. The topological polar surface area (TPSA) is 73.3 Å². The maximum absolute atomic E-state index is 14.2. The van der Waals surface area contributed by atoms with E-state index in [2.05, 4.69) is 4.98 Å². The van der Waals surface area contributed by atoms with Crippen molar-refractivity contribution in [3.63, 3.8) is 0 Å². The van der Waals surface area contributed by atoms with Gasteiger partial charge in [-0.25, -0.2) is 9.78 Å². The first-order chi connectivity index (χ1) is 9.63. The third-order valence-electron chi connectivity index (χ3n) is 4.11. The second-order valence-electron chi connectivity index (χ2n) is 6.20. The molecule has 21 heavy (non-hydrogen) atoms. The Morgan fingerprint density at radius 2 is 2.14 bits per heavy atom. The number of carboxylic acid groups (broad SMARTS) is 1. The molecule has 0 N–H and O–H groups in total. The van der Waals surface area contributed by atoms with Crippen molar-refractivity contribution in [1.82, 2.24) is 14.4 Å². The Balaban J connectivity index is 2.69. The monoisotopic (exact) mass is 295 g/mol. The van der Waals surface area contributed by atoms with Crippen molar-refractivity contribution in [3.8, 4) is 0 Å². The highest BCUT2D eigenvalue weighted by molar-refractivity contribution is 5.95. The Hall–Kier alpha value is -2.02. The van der Waals surface area contributed by atoms with E-state index in [4.69, 9.17) is 0 Å². The number of carbonyl (C=O) groups excluding carboxylic acids is 2. The number of nitrogens with zero attached hydrogens (tertiary/aromatic N) is 3. The summed E-state index contributed by atoms with van der Waals surface area (Å²) in [5.74, 6) is -2.12. The van der Waals surface area contributed by atoms with Crippen LogP contribution in [0, 0.1) is 5.95 Å². The molecule has 2 heterocycles. The van der Waals surface area contributed by atoms with Crippen LogP contribution < -0.4 is 9.59 Å². The maximum atomic E-state index is 14.2. The van der Waals surface area contributed by atoms with Gasteiger partial charge in [0.25, 0.3) is 5.95 Å². The van der Waals surface area contributed by atoms with Crippen LogP contribution in [0.25, 0.3) is 0 Å². The summed E-state index contributed by atoms with van der Waals surface area (Å²) in [6, 6.07) is 1.42. The highest BCUT2D eigenvalue weighted by atomic mass is 19.1. The minimum Gasteiger partial charge on any atom is -0.548 e. The number of pyridine rings is 1. The molecule has 7 heteroatoms. The van der Waals surface area contributed by atoms with Crippen molar-refractivity contribution in [3.05, 3.63) is 24.3 Å². The highest BCUT2D eigenvalue weighted by Crippen LogP contribution is 2.40.